The fourth-order valence-corrected chi connectivity index (χ4v) is 4.11. The molecule has 2 aliphatic heterocycles. The summed E-state index contributed by atoms with van der Waals surface area (Å²) < 4.78 is 0. The topological polar surface area (TPSA) is 81.6 Å². The molecule has 0 spiro atoms. The van der Waals surface area contributed by atoms with Gasteiger partial charge < -0.3 is 19.6 Å². The van der Waals surface area contributed by atoms with Crippen LogP contribution in [0, 0.1) is 5.41 Å². The lowest BCUT2D eigenvalue weighted by molar-refractivity contribution is -0.142. The third kappa shape index (κ3) is 4.15. The number of nitrogens with zero attached hydrogens (tertiary/aromatic N) is 8. The Morgan fingerprint density at radius 2 is 1.60 bits per heavy atom. The van der Waals surface area contributed by atoms with Gasteiger partial charge >= 0.3 is 0 Å². The van der Waals surface area contributed by atoms with Gasteiger partial charge in [-0.05, 0) is 31.0 Å². The Kier molecular flexibility index (Phi) is 5.69. The first kappa shape index (κ1) is 20.3. The highest BCUT2D eigenvalue weighted by atomic mass is 16.2. The molecule has 2 aromatic rings. The summed E-state index contributed by atoms with van der Waals surface area (Å²) in [5.41, 5.74) is -0.321. The van der Waals surface area contributed by atoms with Gasteiger partial charge in [-0.15, -0.1) is 10.2 Å². The van der Waals surface area contributed by atoms with Crippen molar-refractivity contribution in [3.63, 3.8) is 0 Å². The number of carbonyl (C=O) groups is 1. The molecule has 0 aromatic carbocycles. The molecule has 2 aromatic heterocycles. The third-order valence-electron chi connectivity index (χ3n) is 6.20. The highest BCUT2D eigenvalue weighted by Gasteiger charge is 2.40. The van der Waals surface area contributed by atoms with E-state index in [-0.39, 0.29) is 11.3 Å². The zero-order valence-corrected chi connectivity index (χ0v) is 18.0. The van der Waals surface area contributed by atoms with Gasteiger partial charge in [-0.1, -0.05) is 6.92 Å². The summed E-state index contributed by atoms with van der Waals surface area (Å²) in [5.74, 6) is 2.73. The fourth-order valence-electron chi connectivity index (χ4n) is 4.11. The first-order chi connectivity index (χ1) is 14.5. The minimum absolute atomic E-state index is 0.268. The van der Waals surface area contributed by atoms with E-state index in [0.717, 1.165) is 56.6 Å². The normalized spacial score (nSPS) is 19.0. The predicted molar refractivity (Wildman–Crippen MR) is 117 cm³/mol. The average Bonchev–Trinajstić information content (AvgIpc) is 2.80. The summed E-state index contributed by atoms with van der Waals surface area (Å²) in [6.45, 7) is 6.71. The van der Waals surface area contributed by atoms with E-state index in [1.54, 1.807) is 12.4 Å². The Morgan fingerprint density at radius 1 is 0.933 bits per heavy atom. The molecule has 0 bridgehead atoms. The molecule has 4 heterocycles. The molecule has 2 fully saturated rings. The summed E-state index contributed by atoms with van der Waals surface area (Å²) in [6, 6.07) is 5.81. The minimum atomic E-state index is -0.321. The SMILES string of the molecule is CN(C)c1ccc(N2CCC(C)(C(=O)N3CCN(c4ncccn4)CC3)CC2)nn1. The number of carbonyl (C=O) groups excluding carboxylic acids is 1. The Labute approximate surface area is 177 Å². The van der Waals surface area contributed by atoms with Gasteiger partial charge in [-0.3, -0.25) is 4.79 Å². The molecule has 2 saturated heterocycles. The van der Waals surface area contributed by atoms with Crippen LogP contribution in [0.25, 0.3) is 0 Å². The lowest BCUT2D eigenvalue weighted by atomic mass is 9.79. The standard InChI is InChI=1S/C21H30N8O/c1-21(7-11-27(12-8-21)18-6-5-17(24-25-18)26(2)3)19(30)28-13-15-29(16-14-28)20-22-9-4-10-23-20/h4-6,9-10H,7-8,11-16H2,1-3H3. The van der Waals surface area contributed by atoms with E-state index in [9.17, 15) is 4.79 Å². The van der Waals surface area contributed by atoms with Gasteiger partial charge in [0.15, 0.2) is 11.6 Å². The van der Waals surface area contributed by atoms with E-state index in [1.165, 1.54) is 0 Å². The maximum Gasteiger partial charge on any atom is 0.228 e. The Hall–Kier alpha value is -2.97. The number of piperidine rings is 1. The first-order valence-corrected chi connectivity index (χ1v) is 10.5. The van der Waals surface area contributed by atoms with Crippen LogP contribution >= 0.6 is 0 Å². The van der Waals surface area contributed by atoms with E-state index in [4.69, 9.17) is 0 Å². The highest BCUT2D eigenvalue weighted by molar-refractivity contribution is 5.83. The van der Waals surface area contributed by atoms with Crippen molar-refractivity contribution in [1.82, 2.24) is 25.1 Å². The molecule has 0 atom stereocenters. The van der Waals surface area contributed by atoms with Crippen molar-refractivity contribution >= 4 is 23.5 Å². The number of aromatic nitrogens is 4. The van der Waals surface area contributed by atoms with E-state index in [0.29, 0.717) is 13.1 Å². The van der Waals surface area contributed by atoms with Crippen molar-refractivity contribution in [1.29, 1.82) is 0 Å². The maximum atomic E-state index is 13.3. The van der Waals surface area contributed by atoms with Crippen molar-refractivity contribution in [3.05, 3.63) is 30.6 Å². The molecule has 30 heavy (non-hydrogen) atoms. The van der Waals surface area contributed by atoms with E-state index < -0.39 is 0 Å². The summed E-state index contributed by atoms with van der Waals surface area (Å²) in [6.07, 6.45) is 5.16. The number of hydrogen-bond acceptors (Lipinski definition) is 8. The van der Waals surface area contributed by atoms with Crippen LogP contribution in [0.2, 0.25) is 0 Å². The fraction of sp³-hybridized carbons (Fsp3) is 0.571. The van der Waals surface area contributed by atoms with Crippen LogP contribution in [-0.4, -0.2) is 84.3 Å². The van der Waals surface area contributed by atoms with E-state index in [2.05, 4.69) is 36.9 Å². The number of amides is 1. The van der Waals surface area contributed by atoms with Crippen LogP contribution in [0.3, 0.4) is 0 Å². The molecular weight excluding hydrogens is 380 g/mol. The number of anilines is 3. The molecule has 160 valence electrons. The molecule has 0 radical (unpaired) electrons. The van der Waals surface area contributed by atoms with Crippen LogP contribution in [0.15, 0.2) is 30.6 Å². The average molecular weight is 411 g/mol. The quantitative estimate of drug-likeness (QED) is 0.746. The Balaban J connectivity index is 1.32. The predicted octanol–water partition coefficient (Wildman–Crippen LogP) is 1.29. The molecule has 0 aliphatic carbocycles. The number of rotatable bonds is 4. The number of hydrogen-bond donors (Lipinski definition) is 0. The van der Waals surface area contributed by atoms with Crippen molar-refractivity contribution in [2.75, 3.05) is 68.1 Å². The highest BCUT2D eigenvalue weighted by Crippen LogP contribution is 2.35. The van der Waals surface area contributed by atoms with Crippen LogP contribution in [0.1, 0.15) is 19.8 Å². The summed E-state index contributed by atoms with van der Waals surface area (Å²) >= 11 is 0. The first-order valence-electron chi connectivity index (χ1n) is 10.5. The summed E-state index contributed by atoms with van der Waals surface area (Å²) in [5, 5.41) is 8.64. The summed E-state index contributed by atoms with van der Waals surface area (Å²) in [7, 11) is 3.91. The molecular formula is C21H30N8O. The van der Waals surface area contributed by atoms with Crippen molar-refractivity contribution in [2.45, 2.75) is 19.8 Å². The molecule has 0 unspecified atom stereocenters. The Morgan fingerprint density at radius 3 is 2.17 bits per heavy atom. The van der Waals surface area contributed by atoms with Gasteiger partial charge in [0.1, 0.15) is 0 Å². The molecule has 9 nitrogen and oxygen atoms in total. The van der Waals surface area contributed by atoms with Gasteiger partial charge in [0.2, 0.25) is 11.9 Å². The molecule has 2 aliphatic rings. The molecule has 0 saturated carbocycles. The van der Waals surface area contributed by atoms with Crippen molar-refractivity contribution < 1.29 is 4.79 Å². The summed E-state index contributed by atoms with van der Waals surface area (Å²) in [4.78, 5) is 30.3. The van der Waals surface area contributed by atoms with E-state index >= 15 is 0 Å². The molecule has 4 rings (SSSR count). The monoisotopic (exact) mass is 410 g/mol. The van der Waals surface area contributed by atoms with Crippen LogP contribution < -0.4 is 14.7 Å². The second-order valence-corrected chi connectivity index (χ2v) is 8.52. The van der Waals surface area contributed by atoms with Crippen molar-refractivity contribution in [3.8, 4) is 0 Å². The maximum absolute atomic E-state index is 13.3. The molecule has 0 N–H and O–H groups in total. The number of piperazine rings is 1. The zero-order chi connectivity index (χ0) is 21.1. The van der Waals surface area contributed by atoms with Gasteiger partial charge in [0.25, 0.3) is 0 Å². The van der Waals surface area contributed by atoms with Gasteiger partial charge in [-0.2, -0.15) is 0 Å². The second kappa shape index (κ2) is 8.41. The smallest absolute Gasteiger partial charge is 0.228 e. The lowest BCUT2D eigenvalue weighted by Crippen LogP contribution is -2.55. The van der Waals surface area contributed by atoms with Crippen molar-refractivity contribution in [2.24, 2.45) is 5.41 Å². The van der Waals surface area contributed by atoms with Crippen LogP contribution in [0.4, 0.5) is 17.6 Å². The largest absolute Gasteiger partial charge is 0.361 e. The third-order valence-corrected chi connectivity index (χ3v) is 6.20. The Bertz CT molecular complexity index is 841. The van der Waals surface area contributed by atoms with Crippen LogP contribution in [-0.2, 0) is 4.79 Å². The molecule has 9 heteroatoms. The zero-order valence-electron chi connectivity index (χ0n) is 18.0. The van der Waals surface area contributed by atoms with Gasteiger partial charge in [-0.25, -0.2) is 9.97 Å². The lowest BCUT2D eigenvalue weighted by Gasteiger charge is -2.43. The van der Waals surface area contributed by atoms with E-state index in [1.807, 2.05) is 42.1 Å². The molecule has 1 amide bonds. The van der Waals surface area contributed by atoms with Gasteiger partial charge in [0.05, 0.1) is 0 Å². The second-order valence-electron chi connectivity index (χ2n) is 8.52. The van der Waals surface area contributed by atoms with Gasteiger partial charge in [0, 0.05) is 71.2 Å². The minimum Gasteiger partial charge on any atom is -0.361 e. The van der Waals surface area contributed by atoms with Crippen LogP contribution in [0.5, 0.6) is 0 Å².